The highest BCUT2D eigenvalue weighted by Gasteiger charge is 2.20. The van der Waals surface area contributed by atoms with Gasteiger partial charge in [-0.2, -0.15) is 0 Å². The lowest BCUT2D eigenvalue weighted by molar-refractivity contribution is 0.368. The summed E-state index contributed by atoms with van der Waals surface area (Å²) in [5.74, 6) is 0. The fraction of sp³-hybridized carbons (Fsp3) is 0.0833. The van der Waals surface area contributed by atoms with Crippen LogP contribution in [0.15, 0.2) is 59.8 Å². The molecule has 0 nitrogen and oxygen atoms in total. The van der Waals surface area contributed by atoms with Crippen LogP contribution in [0.4, 0.5) is 17.3 Å². The Morgan fingerprint density at radius 3 is 2.18 bits per heavy atom. The molecule has 0 aromatic heterocycles. The topological polar surface area (TPSA) is 0 Å². The second-order valence-electron chi connectivity index (χ2n) is 3.45. The molecule has 0 saturated carbocycles. The first kappa shape index (κ1) is 13.4. The SMILES string of the molecule is C1=C[CH+]C=C2C=CC=CC(=C1)C2.F[B-](F)(F)F. The first-order valence-corrected chi connectivity index (χ1v) is 5.07. The zero-order valence-corrected chi connectivity index (χ0v) is 8.99. The van der Waals surface area contributed by atoms with Gasteiger partial charge in [-0.15, -0.1) is 0 Å². The van der Waals surface area contributed by atoms with Crippen LogP contribution >= 0.6 is 0 Å². The van der Waals surface area contributed by atoms with Crippen LogP contribution in [0.5, 0.6) is 0 Å². The molecule has 0 N–H and O–H groups in total. The van der Waals surface area contributed by atoms with Crippen LogP contribution in [0.3, 0.4) is 0 Å². The fourth-order valence-corrected chi connectivity index (χ4v) is 1.36. The van der Waals surface area contributed by atoms with E-state index in [1.165, 1.54) is 11.1 Å². The molecule has 17 heavy (non-hydrogen) atoms. The number of halogens is 4. The van der Waals surface area contributed by atoms with Crippen molar-refractivity contribution in [1.29, 1.82) is 0 Å². The summed E-state index contributed by atoms with van der Waals surface area (Å²) < 4.78 is 39.0. The Bertz CT molecular complexity index is 391. The first-order valence-electron chi connectivity index (χ1n) is 5.07. The predicted octanol–water partition coefficient (Wildman–Crippen LogP) is 4.43. The molecule has 2 rings (SSSR count). The van der Waals surface area contributed by atoms with E-state index >= 15 is 0 Å². The van der Waals surface area contributed by atoms with Gasteiger partial charge in [-0.1, -0.05) is 12.2 Å². The summed E-state index contributed by atoms with van der Waals surface area (Å²) in [6, 6.07) is 0. The smallest absolute Gasteiger partial charge is 0.418 e. The molecule has 2 bridgehead atoms. The van der Waals surface area contributed by atoms with Gasteiger partial charge < -0.3 is 17.3 Å². The summed E-state index contributed by atoms with van der Waals surface area (Å²) in [6.07, 6.45) is 20.1. The fourth-order valence-electron chi connectivity index (χ4n) is 1.36. The highest BCUT2D eigenvalue weighted by atomic mass is 19.5. The van der Waals surface area contributed by atoms with Crippen LogP contribution in [0.25, 0.3) is 0 Å². The van der Waals surface area contributed by atoms with Crippen molar-refractivity contribution in [3.63, 3.8) is 0 Å². The highest BCUT2D eigenvalue weighted by Crippen LogP contribution is 2.19. The van der Waals surface area contributed by atoms with E-state index in [1.54, 1.807) is 0 Å². The molecule has 0 aromatic rings. The minimum absolute atomic E-state index is 1.05. The standard InChI is InChI=1S/C12H11.BF4/c1-2-6-11-8-4-5-9-12(10-11)7-3-1;2-1(3,4)5/h1-9H,10H2;/q+1;-1. The summed E-state index contributed by atoms with van der Waals surface area (Å²) >= 11 is 0. The molecular weight excluding hydrogens is 231 g/mol. The molecular formula is C12H11BF4. The second kappa shape index (κ2) is 6.18. The molecule has 90 valence electrons. The molecule has 2 aliphatic carbocycles. The molecule has 0 aliphatic heterocycles. The molecule has 0 heterocycles. The zero-order chi connectivity index (χ0) is 12.7. The van der Waals surface area contributed by atoms with Crippen LogP contribution in [0.1, 0.15) is 6.42 Å². The molecule has 0 atom stereocenters. The number of rotatable bonds is 0. The van der Waals surface area contributed by atoms with Crippen molar-refractivity contribution in [2.24, 2.45) is 0 Å². The third-order valence-corrected chi connectivity index (χ3v) is 1.98. The van der Waals surface area contributed by atoms with Crippen molar-refractivity contribution >= 4 is 7.25 Å². The first-order chi connectivity index (χ1) is 7.95. The van der Waals surface area contributed by atoms with Crippen LogP contribution < -0.4 is 0 Å². The second-order valence-corrected chi connectivity index (χ2v) is 3.45. The maximum Gasteiger partial charge on any atom is 0.673 e. The average Bonchev–Trinajstić information content (AvgIpc) is 2.37. The Labute approximate surface area is 97.8 Å². The Kier molecular flexibility index (Phi) is 4.88. The summed E-state index contributed by atoms with van der Waals surface area (Å²) in [5.41, 5.74) is 2.74. The molecule has 2 aliphatic rings. The lowest BCUT2D eigenvalue weighted by Gasteiger charge is -1.97. The van der Waals surface area contributed by atoms with Gasteiger partial charge in [0, 0.05) is 36.6 Å². The molecule has 5 heteroatoms. The van der Waals surface area contributed by atoms with Crippen LogP contribution in [-0.4, -0.2) is 7.25 Å². The van der Waals surface area contributed by atoms with Gasteiger partial charge in [-0.3, -0.25) is 0 Å². The molecule has 0 unspecified atom stereocenters. The molecule has 0 spiro atoms. The van der Waals surface area contributed by atoms with Gasteiger partial charge in [0.05, 0.1) is 0 Å². The Balaban J connectivity index is 0.000000249. The Morgan fingerprint density at radius 1 is 0.941 bits per heavy atom. The van der Waals surface area contributed by atoms with E-state index in [0.29, 0.717) is 0 Å². The lowest BCUT2D eigenvalue weighted by Crippen LogP contribution is -2.02. The van der Waals surface area contributed by atoms with Crippen molar-refractivity contribution in [2.45, 2.75) is 6.42 Å². The maximum absolute atomic E-state index is 9.75. The van der Waals surface area contributed by atoms with Gasteiger partial charge in [0.1, 0.15) is 0 Å². The molecule has 0 saturated heterocycles. The number of hydrogen-bond donors (Lipinski definition) is 0. The van der Waals surface area contributed by atoms with E-state index in [1.807, 2.05) is 0 Å². The van der Waals surface area contributed by atoms with Gasteiger partial charge in [-0.05, 0) is 23.8 Å². The van der Waals surface area contributed by atoms with Crippen LogP contribution in [-0.2, 0) is 0 Å². The molecule has 0 aromatic carbocycles. The summed E-state index contributed by atoms with van der Waals surface area (Å²) in [6.45, 7) is 0. The summed E-state index contributed by atoms with van der Waals surface area (Å²) in [4.78, 5) is 0. The lowest BCUT2D eigenvalue weighted by atomic mass is 10.0. The molecule has 0 amide bonds. The van der Waals surface area contributed by atoms with Crippen LogP contribution in [0, 0.1) is 6.42 Å². The number of hydrogen-bond acceptors (Lipinski definition) is 0. The van der Waals surface area contributed by atoms with Gasteiger partial charge in [0.2, 0.25) is 0 Å². The Morgan fingerprint density at radius 2 is 1.53 bits per heavy atom. The van der Waals surface area contributed by atoms with Crippen molar-refractivity contribution in [3.05, 3.63) is 66.2 Å². The van der Waals surface area contributed by atoms with Gasteiger partial charge >= 0.3 is 7.25 Å². The largest absolute Gasteiger partial charge is 0.673 e. The maximum atomic E-state index is 9.75. The zero-order valence-electron chi connectivity index (χ0n) is 8.99. The van der Waals surface area contributed by atoms with E-state index in [4.69, 9.17) is 0 Å². The van der Waals surface area contributed by atoms with E-state index in [-0.39, 0.29) is 0 Å². The summed E-state index contributed by atoms with van der Waals surface area (Å²) in [5, 5.41) is 0. The predicted molar refractivity (Wildman–Crippen MR) is 62.7 cm³/mol. The summed E-state index contributed by atoms with van der Waals surface area (Å²) in [7, 11) is -6.00. The minimum Gasteiger partial charge on any atom is -0.418 e. The third kappa shape index (κ3) is 7.28. The van der Waals surface area contributed by atoms with Crippen molar-refractivity contribution in [2.75, 3.05) is 0 Å². The highest BCUT2D eigenvalue weighted by molar-refractivity contribution is 6.50. The normalized spacial score (nSPS) is 17.6. The average molecular weight is 242 g/mol. The van der Waals surface area contributed by atoms with Crippen molar-refractivity contribution in [1.82, 2.24) is 0 Å². The van der Waals surface area contributed by atoms with E-state index < -0.39 is 7.25 Å². The van der Waals surface area contributed by atoms with Crippen LogP contribution in [0.2, 0.25) is 0 Å². The van der Waals surface area contributed by atoms with Gasteiger partial charge in [0.15, 0.2) is 0 Å². The van der Waals surface area contributed by atoms with Crippen molar-refractivity contribution in [3.8, 4) is 0 Å². The van der Waals surface area contributed by atoms with Crippen molar-refractivity contribution < 1.29 is 17.3 Å². The van der Waals surface area contributed by atoms with E-state index in [0.717, 1.165) is 6.42 Å². The number of allylic oxidation sites excluding steroid dienone is 10. The van der Waals surface area contributed by atoms with E-state index in [9.17, 15) is 17.3 Å². The monoisotopic (exact) mass is 242 g/mol. The van der Waals surface area contributed by atoms with Gasteiger partial charge in [0.25, 0.3) is 0 Å². The third-order valence-electron chi connectivity index (χ3n) is 1.98. The van der Waals surface area contributed by atoms with Gasteiger partial charge in [-0.25, -0.2) is 0 Å². The minimum atomic E-state index is -6.00. The molecule has 0 fully saturated rings. The Hall–Kier alpha value is -1.65. The van der Waals surface area contributed by atoms with E-state index in [2.05, 4.69) is 55.0 Å². The molecule has 0 radical (unpaired) electrons. The quantitative estimate of drug-likeness (QED) is 0.335. The number of fused-ring (bicyclic) bond motifs is 2.